The molecule has 1 aromatic heterocycles. The highest BCUT2D eigenvalue weighted by atomic mass is 19.1. The number of hydrogen-bond donors (Lipinski definition) is 0. The van der Waals surface area contributed by atoms with Crippen molar-refractivity contribution in [3.05, 3.63) is 84.0 Å². The molecular weight excluding hydrogens is 489 g/mol. The van der Waals surface area contributed by atoms with Gasteiger partial charge in [-0.2, -0.15) is 0 Å². The monoisotopic (exact) mass is 517 g/mol. The lowest BCUT2D eigenvalue weighted by Gasteiger charge is -2.37. The van der Waals surface area contributed by atoms with E-state index in [9.17, 15) is 9.59 Å². The Kier molecular flexibility index (Phi) is 6.75. The minimum atomic E-state index is -0.938. The summed E-state index contributed by atoms with van der Waals surface area (Å²) in [7, 11) is 3.07. The van der Waals surface area contributed by atoms with Crippen LogP contribution in [0.5, 0.6) is 17.2 Å². The van der Waals surface area contributed by atoms with Crippen LogP contribution in [0.15, 0.2) is 78.5 Å². The molecular formula is C29H28FN3O5. The number of carbonyl (C=O) groups is 2. The number of pyridine rings is 1. The van der Waals surface area contributed by atoms with Crippen LogP contribution < -0.4 is 14.2 Å². The average Bonchev–Trinajstić information content (AvgIpc) is 3.32. The van der Waals surface area contributed by atoms with Gasteiger partial charge in [0, 0.05) is 30.7 Å². The maximum atomic E-state index is 15.4. The van der Waals surface area contributed by atoms with Crippen LogP contribution in [0.25, 0.3) is 10.9 Å². The number of nitrogens with zero attached hydrogens (tertiary/aromatic N) is 3. The number of benzene rings is 2. The highest BCUT2D eigenvalue weighted by molar-refractivity contribution is 5.97. The summed E-state index contributed by atoms with van der Waals surface area (Å²) in [5, 5.41) is 0.634. The van der Waals surface area contributed by atoms with Crippen LogP contribution in [-0.4, -0.2) is 59.6 Å². The summed E-state index contributed by atoms with van der Waals surface area (Å²) in [6.07, 6.45) is 5.04. The molecule has 0 bridgehead atoms. The van der Waals surface area contributed by atoms with Crippen LogP contribution in [0.1, 0.15) is 18.9 Å². The minimum absolute atomic E-state index is 0.0495. The zero-order valence-corrected chi connectivity index (χ0v) is 21.4. The highest BCUT2D eigenvalue weighted by Crippen LogP contribution is 2.39. The molecule has 0 radical (unpaired) electrons. The summed E-state index contributed by atoms with van der Waals surface area (Å²) >= 11 is 0. The second-order valence-electron chi connectivity index (χ2n) is 9.40. The van der Waals surface area contributed by atoms with Gasteiger partial charge >= 0.3 is 6.03 Å². The number of imide groups is 1. The van der Waals surface area contributed by atoms with Gasteiger partial charge in [-0.1, -0.05) is 30.3 Å². The molecule has 0 N–H and O–H groups in total. The summed E-state index contributed by atoms with van der Waals surface area (Å²) in [6, 6.07) is 14.0. The van der Waals surface area contributed by atoms with Crippen molar-refractivity contribution >= 4 is 22.8 Å². The molecule has 3 amide bonds. The van der Waals surface area contributed by atoms with Gasteiger partial charge in [-0.3, -0.25) is 14.7 Å². The van der Waals surface area contributed by atoms with E-state index in [-0.39, 0.29) is 24.6 Å². The second-order valence-corrected chi connectivity index (χ2v) is 9.40. The number of allylic oxidation sites excluding steroid dienone is 1. The van der Waals surface area contributed by atoms with Gasteiger partial charge in [-0.25, -0.2) is 9.18 Å². The van der Waals surface area contributed by atoms with E-state index in [1.165, 1.54) is 25.2 Å². The molecule has 2 heterocycles. The molecule has 0 spiro atoms. The van der Waals surface area contributed by atoms with Crippen molar-refractivity contribution in [3.63, 3.8) is 0 Å². The van der Waals surface area contributed by atoms with Gasteiger partial charge in [0.1, 0.15) is 5.75 Å². The number of methoxy groups -OCH3 is 2. The molecule has 38 heavy (non-hydrogen) atoms. The molecule has 1 fully saturated rings. The van der Waals surface area contributed by atoms with Crippen molar-refractivity contribution in [1.82, 2.24) is 14.8 Å². The smallest absolute Gasteiger partial charge is 0.327 e. The summed E-state index contributed by atoms with van der Waals surface area (Å²) < 4.78 is 32.1. The number of aromatic nitrogens is 1. The molecule has 1 aliphatic carbocycles. The molecule has 5 rings (SSSR count). The lowest BCUT2D eigenvalue weighted by molar-refractivity contribution is -0.126. The first-order chi connectivity index (χ1) is 18.3. The Labute approximate surface area is 219 Å². The zero-order chi connectivity index (χ0) is 26.9. The van der Waals surface area contributed by atoms with Gasteiger partial charge in [0.25, 0.3) is 0 Å². The predicted molar refractivity (Wildman–Crippen MR) is 140 cm³/mol. The fourth-order valence-corrected chi connectivity index (χ4v) is 4.84. The normalized spacial score (nSPS) is 19.3. The van der Waals surface area contributed by atoms with Gasteiger partial charge in [0.15, 0.2) is 23.1 Å². The van der Waals surface area contributed by atoms with Gasteiger partial charge in [-0.15, -0.1) is 0 Å². The maximum Gasteiger partial charge on any atom is 0.327 e. The van der Waals surface area contributed by atoms with Gasteiger partial charge in [-0.05, 0) is 43.2 Å². The Hall–Kier alpha value is -4.40. The minimum Gasteiger partial charge on any atom is -0.493 e. The van der Waals surface area contributed by atoms with Crippen LogP contribution >= 0.6 is 0 Å². The highest BCUT2D eigenvalue weighted by Gasteiger charge is 2.43. The van der Waals surface area contributed by atoms with Crippen molar-refractivity contribution in [2.75, 3.05) is 27.3 Å². The van der Waals surface area contributed by atoms with E-state index < -0.39 is 17.4 Å². The Morgan fingerprint density at radius 2 is 1.79 bits per heavy atom. The van der Waals surface area contributed by atoms with E-state index in [0.717, 1.165) is 5.56 Å². The molecule has 9 heteroatoms. The first-order valence-electron chi connectivity index (χ1n) is 12.3. The van der Waals surface area contributed by atoms with Crippen molar-refractivity contribution < 1.29 is 28.2 Å². The molecule has 196 valence electrons. The number of amides is 3. The third-order valence-electron chi connectivity index (χ3n) is 6.93. The summed E-state index contributed by atoms with van der Waals surface area (Å²) in [5.74, 6) is 0.612. The summed E-state index contributed by atoms with van der Waals surface area (Å²) in [5.41, 5.74) is 0.504. The van der Waals surface area contributed by atoms with Crippen molar-refractivity contribution in [1.29, 1.82) is 0 Å². The van der Waals surface area contributed by atoms with Crippen LogP contribution in [0.2, 0.25) is 0 Å². The molecule has 1 saturated heterocycles. The third kappa shape index (κ3) is 4.67. The quantitative estimate of drug-likeness (QED) is 0.437. The fourth-order valence-electron chi connectivity index (χ4n) is 4.84. The van der Waals surface area contributed by atoms with E-state index >= 15 is 4.39 Å². The Morgan fingerprint density at radius 3 is 2.50 bits per heavy atom. The lowest BCUT2D eigenvalue weighted by Crippen LogP contribution is -2.49. The third-order valence-corrected chi connectivity index (χ3v) is 6.93. The Bertz CT molecular complexity index is 1460. The Morgan fingerprint density at radius 1 is 1.05 bits per heavy atom. The SMILES string of the molecule is COc1cc2nccc(OC3=CCC(C)(N4CCN(C(=O)Cc5ccccc5)C4=O)C=C3F)c2cc1OC. The molecule has 8 nitrogen and oxygen atoms in total. The van der Waals surface area contributed by atoms with E-state index in [1.807, 2.05) is 30.3 Å². The topological polar surface area (TPSA) is 81.2 Å². The molecule has 0 saturated carbocycles. The number of halogens is 1. The number of urea groups is 1. The van der Waals surface area contributed by atoms with E-state index in [1.54, 1.807) is 42.3 Å². The molecule has 1 aliphatic heterocycles. The number of rotatable bonds is 7. The van der Waals surface area contributed by atoms with E-state index in [2.05, 4.69) is 4.98 Å². The Balaban J connectivity index is 1.32. The van der Waals surface area contributed by atoms with E-state index in [0.29, 0.717) is 41.1 Å². The van der Waals surface area contributed by atoms with Gasteiger partial charge in [0.2, 0.25) is 5.91 Å². The number of carbonyl (C=O) groups excluding carboxylic acids is 2. The molecule has 2 aliphatic rings. The molecule has 3 aromatic rings. The molecule has 1 atom stereocenters. The first kappa shape index (κ1) is 25.3. The summed E-state index contributed by atoms with van der Waals surface area (Å²) in [6.45, 7) is 2.36. The number of hydrogen-bond acceptors (Lipinski definition) is 6. The molecule has 1 unspecified atom stereocenters. The molecule has 2 aromatic carbocycles. The number of fused-ring (bicyclic) bond motifs is 1. The van der Waals surface area contributed by atoms with E-state index in [4.69, 9.17) is 14.2 Å². The van der Waals surface area contributed by atoms with Crippen molar-refractivity contribution in [2.24, 2.45) is 0 Å². The average molecular weight is 518 g/mol. The first-order valence-corrected chi connectivity index (χ1v) is 12.3. The summed E-state index contributed by atoms with van der Waals surface area (Å²) in [4.78, 5) is 33.1. The maximum absolute atomic E-state index is 15.4. The predicted octanol–water partition coefficient (Wildman–Crippen LogP) is 5.04. The largest absolute Gasteiger partial charge is 0.493 e. The standard InChI is InChI=1S/C29H28FN3O5/c1-29(33-14-13-32(28(33)35)27(34)15-19-7-5-4-6-8-19)11-9-24(21(30)18-29)38-23-10-12-31-22-17-26(37-3)25(36-2)16-20(22)23/h4-10,12,16-18H,11,13-15H2,1-3H3. The fraction of sp³-hybridized carbons (Fsp3) is 0.276. The lowest BCUT2D eigenvalue weighted by atomic mass is 9.90. The number of ether oxygens (including phenoxy) is 3. The van der Waals surface area contributed by atoms with Crippen molar-refractivity contribution in [2.45, 2.75) is 25.3 Å². The van der Waals surface area contributed by atoms with Crippen LogP contribution in [0.4, 0.5) is 9.18 Å². The zero-order valence-electron chi connectivity index (χ0n) is 21.4. The van der Waals surface area contributed by atoms with Crippen LogP contribution in [-0.2, 0) is 11.2 Å². The second kappa shape index (κ2) is 10.2. The van der Waals surface area contributed by atoms with Gasteiger partial charge in [0.05, 0.1) is 31.7 Å². The van der Waals surface area contributed by atoms with Crippen LogP contribution in [0, 0.1) is 0 Å². The van der Waals surface area contributed by atoms with Crippen molar-refractivity contribution in [3.8, 4) is 17.2 Å². The van der Waals surface area contributed by atoms with Crippen LogP contribution in [0.3, 0.4) is 0 Å². The van der Waals surface area contributed by atoms with Gasteiger partial charge < -0.3 is 19.1 Å².